The highest BCUT2D eigenvalue weighted by atomic mass is 14.7. The van der Waals surface area contributed by atoms with Crippen molar-refractivity contribution in [3.63, 3.8) is 0 Å². The summed E-state index contributed by atoms with van der Waals surface area (Å²) in [4.78, 5) is 7.87. The number of aromatic amines is 1. The van der Waals surface area contributed by atoms with Crippen LogP contribution in [0.25, 0.3) is 32.7 Å². The standard InChI is InChI=1S/C15H9N2/c1-2-6-13-11(4-1)15-10-5-3-9-16-12(10)7-8-14(15)17-13/h1-4,6-9,16H. The molecular formula is C15H9N2. The van der Waals surface area contributed by atoms with Gasteiger partial charge in [-0.3, -0.25) is 0 Å². The second-order valence-corrected chi connectivity index (χ2v) is 4.13. The SMILES string of the molecule is [c]1cc[nH]c2ccc3nc4ccccc4c3c12. The highest BCUT2D eigenvalue weighted by molar-refractivity contribution is 6.19. The van der Waals surface area contributed by atoms with Crippen molar-refractivity contribution in [3.8, 4) is 0 Å². The Hall–Kier alpha value is -2.35. The predicted octanol–water partition coefficient (Wildman–Crippen LogP) is 3.67. The highest BCUT2D eigenvalue weighted by Crippen LogP contribution is 2.30. The fourth-order valence-corrected chi connectivity index (χ4v) is 2.40. The quantitative estimate of drug-likeness (QED) is 0.478. The van der Waals surface area contributed by atoms with E-state index in [9.17, 15) is 0 Å². The van der Waals surface area contributed by atoms with Gasteiger partial charge in [0.2, 0.25) is 0 Å². The summed E-state index contributed by atoms with van der Waals surface area (Å²) in [5.41, 5.74) is 3.18. The average Bonchev–Trinajstić information content (AvgIpc) is 2.77. The second kappa shape index (κ2) is 3.08. The molecule has 0 aliphatic carbocycles. The Bertz CT molecular complexity index is 837. The van der Waals surface area contributed by atoms with Crippen molar-refractivity contribution in [3.05, 3.63) is 54.7 Å². The molecule has 0 aliphatic rings. The van der Waals surface area contributed by atoms with E-state index in [2.05, 4.69) is 40.3 Å². The zero-order valence-electron chi connectivity index (χ0n) is 9.07. The number of hydrogen-bond acceptors (Lipinski definition) is 1. The van der Waals surface area contributed by atoms with Crippen LogP contribution in [0, 0.1) is 6.07 Å². The van der Waals surface area contributed by atoms with E-state index in [1.165, 1.54) is 10.8 Å². The molecule has 1 radical (unpaired) electrons. The first-order valence-electron chi connectivity index (χ1n) is 5.60. The molecule has 0 amide bonds. The number of fused-ring (bicyclic) bond motifs is 5. The van der Waals surface area contributed by atoms with Gasteiger partial charge in [-0.1, -0.05) is 18.2 Å². The van der Waals surface area contributed by atoms with Gasteiger partial charge in [0, 0.05) is 27.9 Å². The largest absolute Gasteiger partial charge is 0.361 e. The molecule has 79 valence electrons. The Morgan fingerprint density at radius 2 is 1.94 bits per heavy atom. The minimum atomic E-state index is 1.04. The predicted molar refractivity (Wildman–Crippen MR) is 69.9 cm³/mol. The number of H-pyrrole nitrogens is 1. The monoisotopic (exact) mass is 217 g/mol. The number of aromatic nitrogens is 2. The molecule has 4 aromatic rings. The third-order valence-corrected chi connectivity index (χ3v) is 3.15. The van der Waals surface area contributed by atoms with E-state index in [1.807, 2.05) is 24.4 Å². The number of rotatable bonds is 0. The van der Waals surface area contributed by atoms with Gasteiger partial charge in [-0.05, 0) is 30.3 Å². The second-order valence-electron chi connectivity index (χ2n) is 4.13. The Balaban J connectivity index is 2.38. The van der Waals surface area contributed by atoms with Crippen molar-refractivity contribution < 1.29 is 0 Å². The number of hydrogen-bond donors (Lipinski definition) is 1. The normalized spacial score (nSPS) is 11.5. The van der Waals surface area contributed by atoms with Crippen LogP contribution in [0.3, 0.4) is 0 Å². The van der Waals surface area contributed by atoms with Crippen LogP contribution in [0.4, 0.5) is 0 Å². The van der Waals surface area contributed by atoms with Gasteiger partial charge in [-0.15, -0.1) is 0 Å². The van der Waals surface area contributed by atoms with Crippen LogP contribution in [0.1, 0.15) is 0 Å². The molecule has 2 aromatic heterocycles. The maximum absolute atomic E-state index is 4.63. The van der Waals surface area contributed by atoms with E-state index >= 15 is 0 Å². The van der Waals surface area contributed by atoms with E-state index in [1.54, 1.807) is 0 Å². The van der Waals surface area contributed by atoms with E-state index in [0.29, 0.717) is 0 Å². The zero-order valence-corrected chi connectivity index (χ0v) is 9.07. The molecule has 0 aliphatic heterocycles. The van der Waals surface area contributed by atoms with Crippen LogP contribution in [-0.2, 0) is 0 Å². The molecule has 1 N–H and O–H groups in total. The van der Waals surface area contributed by atoms with Gasteiger partial charge in [0.15, 0.2) is 0 Å². The van der Waals surface area contributed by atoms with Gasteiger partial charge in [0.05, 0.1) is 11.0 Å². The summed E-state index contributed by atoms with van der Waals surface area (Å²) >= 11 is 0. The molecule has 4 rings (SSSR count). The molecule has 0 unspecified atom stereocenters. The fourth-order valence-electron chi connectivity index (χ4n) is 2.40. The van der Waals surface area contributed by atoms with Crippen LogP contribution >= 0.6 is 0 Å². The fraction of sp³-hybridized carbons (Fsp3) is 0. The van der Waals surface area contributed by atoms with E-state index in [0.717, 1.165) is 21.9 Å². The molecule has 2 heterocycles. The van der Waals surface area contributed by atoms with Crippen molar-refractivity contribution in [2.45, 2.75) is 0 Å². The minimum Gasteiger partial charge on any atom is -0.361 e. The van der Waals surface area contributed by atoms with Crippen molar-refractivity contribution in [1.29, 1.82) is 0 Å². The first kappa shape index (κ1) is 8.76. The molecule has 2 heteroatoms. The van der Waals surface area contributed by atoms with Gasteiger partial charge in [0.25, 0.3) is 0 Å². The number of nitrogens with zero attached hydrogens (tertiary/aromatic N) is 1. The number of nitrogens with one attached hydrogen (secondary N) is 1. The lowest BCUT2D eigenvalue weighted by molar-refractivity contribution is 1.41. The average molecular weight is 217 g/mol. The summed E-state index contributed by atoms with van der Waals surface area (Å²) in [5, 5.41) is 3.50. The number of pyridine rings is 1. The van der Waals surface area contributed by atoms with Gasteiger partial charge in [-0.2, -0.15) is 0 Å². The van der Waals surface area contributed by atoms with Crippen molar-refractivity contribution in [2.24, 2.45) is 0 Å². The van der Waals surface area contributed by atoms with Crippen LogP contribution in [0.2, 0.25) is 0 Å². The van der Waals surface area contributed by atoms with Crippen LogP contribution in [0.5, 0.6) is 0 Å². The van der Waals surface area contributed by atoms with Crippen LogP contribution in [-0.4, -0.2) is 9.97 Å². The molecule has 0 bridgehead atoms. The molecule has 17 heavy (non-hydrogen) atoms. The Labute approximate surface area is 97.9 Å². The van der Waals surface area contributed by atoms with Crippen molar-refractivity contribution in [1.82, 2.24) is 9.97 Å². The maximum Gasteiger partial charge on any atom is 0.0724 e. The highest BCUT2D eigenvalue weighted by Gasteiger charge is 2.08. The lowest BCUT2D eigenvalue weighted by Crippen LogP contribution is -1.78. The first-order chi connectivity index (χ1) is 8.43. The van der Waals surface area contributed by atoms with Gasteiger partial charge >= 0.3 is 0 Å². The minimum absolute atomic E-state index is 1.04. The topological polar surface area (TPSA) is 28.7 Å². The molecule has 0 saturated heterocycles. The Kier molecular flexibility index (Phi) is 1.59. The first-order valence-corrected chi connectivity index (χ1v) is 5.60. The van der Waals surface area contributed by atoms with Gasteiger partial charge in [0.1, 0.15) is 0 Å². The van der Waals surface area contributed by atoms with Gasteiger partial charge < -0.3 is 4.98 Å². The summed E-state index contributed by atoms with van der Waals surface area (Å²) in [6, 6.07) is 17.6. The van der Waals surface area contributed by atoms with Crippen molar-refractivity contribution in [2.75, 3.05) is 0 Å². The van der Waals surface area contributed by atoms with E-state index in [-0.39, 0.29) is 0 Å². The summed E-state index contributed by atoms with van der Waals surface area (Å²) in [6.07, 6.45) is 1.90. The summed E-state index contributed by atoms with van der Waals surface area (Å²) in [6.45, 7) is 0. The molecule has 0 saturated carbocycles. The molecule has 0 atom stereocenters. The lowest BCUT2D eigenvalue weighted by atomic mass is 10.1. The molecule has 2 nitrogen and oxygen atoms in total. The van der Waals surface area contributed by atoms with Crippen LogP contribution in [0.15, 0.2) is 48.7 Å². The smallest absolute Gasteiger partial charge is 0.0724 e. The van der Waals surface area contributed by atoms with Gasteiger partial charge in [-0.25, -0.2) is 4.98 Å². The van der Waals surface area contributed by atoms with E-state index in [4.69, 9.17) is 0 Å². The number of para-hydroxylation sites is 1. The third-order valence-electron chi connectivity index (χ3n) is 3.15. The maximum atomic E-state index is 4.63. The van der Waals surface area contributed by atoms with Crippen LogP contribution < -0.4 is 0 Å². The molecule has 0 fully saturated rings. The summed E-state index contributed by atoms with van der Waals surface area (Å²) < 4.78 is 0. The Morgan fingerprint density at radius 3 is 2.94 bits per heavy atom. The summed E-state index contributed by atoms with van der Waals surface area (Å²) in [5.74, 6) is 0. The molecular weight excluding hydrogens is 208 g/mol. The summed E-state index contributed by atoms with van der Waals surface area (Å²) in [7, 11) is 0. The Morgan fingerprint density at radius 1 is 1.00 bits per heavy atom. The van der Waals surface area contributed by atoms with E-state index < -0.39 is 0 Å². The van der Waals surface area contributed by atoms with Crippen molar-refractivity contribution >= 4 is 32.7 Å². The third kappa shape index (κ3) is 1.12. The lowest BCUT2D eigenvalue weighted by Gasteiger charge is -1.99. The molecule has 0 spiro atoms. The molecule has 2 aromatic carbocycles. The number of benzene rings is 2. The zero-order chi connectivity index (χ0) is 11.2.